The molecule has 0 spiro atoms. The van der Waals surface area contributed by atoms with Crippen molar-refractivity contribution in [2.45, 2.75) is 59.3 Å². The maximum atomic E-state index is 11.3. The topological polar surface area (TPSA) is 46.5 Å². The first-order valence-corrected chi connectivity index (χ1v) is 9.07. The SMILES string of the molecule is CC1=CCC[C@@H]2[C@]1(CO)CC[C@@H](C)[C@@]2(C)CCC1=CC(=O)OC1. The molecule has 0 aromatic carbocycles. The fourth-order valence-corrected chi connectivity index (χ4v) is 5.42. The van der Waals surface area contributed by atoms with E-state index in [1.807, 2.05) is 0 Å². The van der Waals surface area contributed by atoms with E-state index in [4.69, 9.17) is 4.74 Å². The lowest BCUT2D eigenvalue weighted by Gasteiger charge is -2.58. The third kappa shape index (κ3) is 2.67. The van der Waals surface area contributed by atoms with Crippen LogP contribution in [-0.2, 0) is 9.53 Å². The van der Waals surface area contributed by atoms with E-state index < -0.39 is 0 Å². The zero-order valence-corrected chi connectivity index (χ0v) is 14.7. The number of rotatable bonds is 4. The van der Waals surface area contributed by atoms with E-state index in [1.165, 1.54) is 18.4 Å². The van der Waals surface area contributed by atoms with Crippen LogP contribution in [0.2, 0.25) is 0 Å². The highest BCUT2D eigenvalue weighted by Gasteiger charge is 2.54. The van der Waals surface area contributed by atoms with Crippen LogP contribution >= 0.6 is 0 Å². The second-order valence-electron chi connectivity index (χ2n) is 8.19. The van der Waals surface area contributed by atoms with Crippen LogP contribution in [0, 0.1) is 22.7 Å². The summed E-state index contributed by atoms with van der Waals surface area (Å²) < 4.78 is 5.05. The molecule has 128 valence electrons. The summed E-state index contributed by atoms with van der Waals surface area (Å²) >= 11 is 0. The van der Waals surface area contributed by atoms with Crippen LogP contribution < -0.4 is 0 Å². The normalized spacial score (nSPS) is 40.3. The van der Waals surface area contributed by atoms with Gasteiger partial charge in [-0.3, -0.25) is 0 Å². The van der Waals surface area contributed by atoms with E-state index in [1.54, 1.807) is 6.08 Å². The van der Waals surface area contributed by atoms with Crippen LogP contribution in [-0.4, -0.2) is 24.3 Å². The largest absolute Gasteiger partial charge is 0.458 e. The van der Waals surface area contributed by atoms with Gasteiger partial charge in [-0.2, -0.15) is 0 Å². The molecule has 0 aromatic heterocycles. The molecule has 1 N–H and O–H groups in total. The van der Waals surface area contributed by atoms with Crippen molar-refractivity contribution in [2.24, 2.45) is 22.7 Å². The van der Waals surface area contributed by atoms with Crippen LogP contribution in [0.25, 0.3) is 0 Å². The molecule has 1 aliphatic heterocycles. The van der Waals surface area contributed by atoms with Crippen LogP contribution in [0.5, 0.6) is 0 Å². The first kappa shape index (κ1) is 16.8. The monoisotopic (exact) mass is 318 g/mol. The molecule has 4 atom stereocenters. The number of esters is 1. The molecule has 3 rings (SSSR count). The summed E-state index contributed by atoms with van der Waals surface area (Å²) in [6.45, 7) is 7.75. The van der Waals surface area contributed by atoms with Crippen molar-refractivity contribution in [3.05, 3.63) is 23.3 Å². The van der Waals surface area contributed by atoms with Crippen molar-refractivity contribution in [3.8, 4) is 0 Å². The predicted octanol–water partition coefficient (Wildman–Crippen LogP) is 4.02. The highest BCUT2D eigenvalue weighted by molar-refractivity contribution is 5.85. The predicted molar refractivity (Wildman–Crippen MR) is 90.8 cm³/mol. The molecule has 1 fully saturated rings. The van der Waals surface area contributed by atoms with E-state index in [9.17, 15) is 9.90 Å². The Balaban J connectivity index is 1.84. The lowest BCUT2D eigenvalue weighted by Crippen LogP contribution is -2.52. The zero-order chi connectivity index (χ0) is 16.7. The average Bonchev–Trinajstić information content (AvgIpc) is 2.96. The van der Waals surface area contributed by atoms with E-state index in [0.29, 0.717) is 18.4 Å². The molecule has 0 amide bonds. The number of cyclic esters (lactones) is 1. The van der Waals surface area contributed by atoms with Gasteiger partial charge in [0.05, 0.1) is 6.61 Å². The van der Waals surface area contributed by atoms with Crippen molar-refractivity contribution in [1.29, 1.82) is 0 Å². The molecule has 3 nitrogen and oxygen atoms in total. The molecule has 3 heteroatoms. The molecular weight excluding hydrogens is 288 g/mol. The summed E-state index contributed by atoms with van der Waals surface area (Å²) in [6.07, 6.45) is 10.6. The molecular formula is C20H30O3. The Kier molecular flexibility index (Phi) is 4.43. The van der Waals surface area contributed by atoms with Crippen molar-refractivity contribution in [2.75, 3.05) is 13.2 Å². The molecule has 1 saturated carbocycles. The van der Waals surface area contributed by atoms with Gasteiger partial charge >= 0.3 is 5.97 Å². The van der Waals surface area contributed by atoms with Crippen LogP contribution in [0.1, 0.15) is 59.3 Å². The zero-order valence-electron chi connectivity index (χ0n) is 14.7. The third-order valence-corrected chi connectivity index (χ3v) is 7.29. The molecule has 1 heterocycles. The van der Waals surface area contributed by atoms with Crippen molar-refractivity contribution < 1.29 is 14.6 Å². The average molecular weight is 318 g/mol. The standard InChI is InChI=1S/C20H30O3/c1-14-7-10-20(13-21)15(2)5-4-6-17(20)19(14,3)9-8-16-11-18(22)23-12-16/h5,11,14,17,21H,4,6-10,12-13H2,1-3H3/t14-,17+,19-,20+/m1/s1. The van der Waals surface area contributed by atoms with E-state index in [-0.39, 0.29) is 23.4 Å². The summed E-state index contributed by atoms with van der Waals surface area (Å²) in [5.74, 6) is 0.993. The summed E-state index contributed by atoms with van der Waals surface area (Å²) in [6, 6.07) is 0. The lowest BCUT2D eigenvalue weighted by atomic mass is 9.46. The van der Waals surface area contributed by atoms with Crippen LogP contribution in [0.15, 0.2) is 23.3 Å². The van der Waals surface area contributed by atoms with Gasteiger partial charge in [-0.1, -0.05) is 25.5 Å². The Bertz CT molecular complexity index is 547. The van der Waals surface area contributed by atoms with Crippen molar-refractivity contribution in [1.82, 2.24) is 0 Å². The van der Waals surface area contributed by atoms with Crippen molar-refractivity contribution >= 4 is 5.97 Å². The van der Waals surface area contributed by atoms with Gasteiger partial charge in [-0.25, -0.2) is 4.79 Å². The number of fused-ring (bicyclic) bond motifs is 1. The summed E-state index contributed by atoms with van der Waals surface area (Å²) in [5.41, 5.74) is 2.72. The van der Waals surface area contributed by atoms with Gasteiger partial charge < -0.3 is 9.84 Å². The minimum atomic E-state index is -0.192. The fourth-order valence-electron chi connectivity index (χ4n) is 5.42. The summed E-state index contributed by atoms with van der Waals surface area (Å²) in [7, 11) is 0. The van der Waals surface area contributed by atoms with Crippen molar-refractivity contribution in [3.63, 3.8) is 0 Å². The maximum Gasteiger partial charge on any atom is 0.331 e. The van der Waals surface area contributed by atoms with Gasteiger partial charge in [-0.05, 0) is 68.3 Å². The molecule has 23 heavy (non-hydrogen) atoms. The molecule has 0 bridgehead atoms. The molecule has 0 saturated heterocycles. The van der Waals surface area contributed by atoms with Gasteiger partial charge in [0.2, 0.25) is 0 Å². The molecule has 0 radical (unpaired) electrons. The highest BCUT2D eigenvalue weighted by atomic mass is 16.5. The second kappa shape index (κ2) is 6.08. The maximum absolute atomic E-state index is 11.3. The Hall–Kier alpha value is -1.09. The number of carbonyl (C=O) groups excluding carboxylic acids is 1. The van der Waals surface area contributed by atoms with Gasteiger partial charge in [0.25, 0.3) is 0 Å². The first-order valence-electron chi connectivity index (χ1n) is 9.07. The molecule has 0 aromatic rings. The first-order chi connectivity index (χ1) is 10.9. The van der Waals surface area contributed by atoms with Gasteiger partial charge in [0.15, 0.2) is 0 Å². The molecule has 2 aliphatic carbocycles. The number of carbonyl (C=O) groups is 1. The Morgan fingerprint density at radius 1 is 1.39 bits per heavy atom. The number of hydrogen-bond donors (Lipinski definition) is 1. The highest BCUT2D eigenvalue weighted by Crippen LogP contribution is 2.61. The summed E-state index contributed by atoms with van der Waals surface area (Å²) in [4.78, 5) is 11.3. The smallest absolute Gasteiger partial charge is 0.331 e. The minimum absolute atomic E-state index is 0.0180. The van der Waals surface area contributed by atoms with E-state index in [0.717, 1.165) is 31.3 Å². The minimum Gasteiger partial charge on any atom is -0.458 e. The Labute approximate surface area is 139 Å². The van der Waals surface area contributed by atoms with E-state index >= 15 is 0 Å². The Morgan fingerprint density at radius 2 is 2.17 bits per heavy atom. The van der Waals surface area contributed by atoms with Crippen LogP contribution in [0.3, 0.4) is 0 Å². The molecule has 0 unspecified atom stereocenters. The fraction of sp³-hybridized carbons (Fsp3) is 0.750. The number of allylic oxidation sites excluding steroid dienone is 1. The lowest BCUT2D eigenvalue weighted by molar-refractivity contribution is -0.134. The van der Waals surface area contributed by atoms with E-state index in [2.05, 4.69) is 26.8 Å². The quantitative estimate of drug-likeness (QED) is 0.629. The van der Waals surface area contributed by atoms with Crippen LogP contribution in [0.4, 0.5) is 0 Å². The number of hydrogen-bond acceptors (Lipinski definition) is 3. The number of aliphatic hydroxyl groups excluding tert-OH is 1. The van der Waals surface area contributed by atoms with Gasteiger partial charge in [-0.15, -0.1) is 0 Å². The number of aliphatic hydroxyl groups is 1. The summed E-state index contributed by atoms with van der Waals surface area (Å²) in [5, 5.41) is 10.3. The Morgan fingerprint density at radius 3 is 2.83 bits per heavy atom. The molecule has 3 aliphatic rings. The third-order valence-electron chi connectivity index (χ3n) is 7.29. The second-order valence-corrected chi connectivity index (χ2v) is 8.19. The van der Waals surface area contributed by atoms with Gasteiger partial charge in [0.1, 0.15) is 6.61 Å². The number of ether oxygens (including phenoxy) is 1. The van der Waals surface area contributed by atoms with Gasteiger partial charge in [0, 0.05) is 11.5 Å².